The highest BCUT2D eigenvalue weighted by atomic mass is 35.5. The molecule has 0 saturated heterocycles. The van der Waals surface area contributed by atoms with E-state index < -0.39 is 0 Å². The fraction of sp³-hybridized carbons (Fsp3) is 0.211. The molecule has 0 aliphatic heterocycles. The third-order valence-electron chi connectivity index (χ3n) is 4.14. The Morgan fingerprint density at radius 3 is 2.71 bits per heavy atom. The van der Waals surface area contributed by atoms with Gasteiger partial charge in [0.1, 0.15) is 0 Å². The third kappa shape index (κ3) is 4.98. The number of nitrogens with two attached hydrogens (primary N) is 1. The fourth-order valence-corrected chi connectivity index (χ4v) is 3.64. The molecule has 0 aliphatic rings. The number of thioether (sulfide) groups is 1. The molecule has 0 aliphatic carbocycles. The molecule has 1 atom stereocenters. The van der Waals surface area contributed by atoms with E-state index in [1.165, 1.54) is 22.0 Å². The van der Waals surface area contributed by atoms with E-state index in [0.29, 0.717) is 33.1 Å². The Kier molecular flexibility index (Phi) is 6.83. The van der Waals surface area contributed by atoms with Crippen LogP contribution in [-0.4, -0.2) is 33.1 Å². The van der Waals surface area contributed by atoms with Crippen LogP contribution in [0.5, 0.6) is 0 Å². The number of rotatable bonds is 7. The summed E-state index contributed by atoms with van der Waals surface area (Å²) in [6, 6.07) is 15.1. The van der Waals surface area contributed by atoms with Gasteiger partial charge in [0.2, 0.25) is 11.1 Å². The van der Waals surface area contributed by atoms with E-state index in [1.807, 2.05) is 30.3 Å². The summed E-state index contributed by atoms with van der Waals surface area (Å²) in [6.45, 7) is 2.63. The maximum atomic E-state index is 12.2. The molecule has 1 unspecified atom stereocenters. The number of hydrogen-bond acceptors (Lipinski definition) is 5. The van der Waals surface area contributed by atoms with Crippen molar-refractivity contribution in [3.8, 4) is 11.4 Å². The summed E-state index contributed by atoms with van der Waals surface area (Å²) in [5.74, 6) is 6.77. The van der Waals surface area contributed by atoms with Crippen LogP contribution in [0.2, 0.25) is 10.0 Å². The summed E-state index contributed by atoms with van der Waals surface area (Å²) >= 11 is 13.4. The molecule has 0 spiro atoms. The van der Waals surface area contributed by atoms with Crippen molar-refractivity contribution in [1.82, 2.24) is 20.2 Å². The average Bonchev–Trinajstić information content (AvgIpc) is 3.07. The van der Waals surface area contributed by atoms with Crippen molar-refractivity contribution in [2.45, 2.75) is 18.0 Å². The van der Waals surface area contributed by atoms with Crippen LogP contribution in [0.3, 0.4) is 0 Å². The predicted molar refractivity (Wildman–Crippen MR) is 114 cm³/mol. The van der Waals surface area contributed by atoms with Crippen molar-refractivity contribution in [3.05, 3.63) is 64.1 Å². The minimum atomic E-state index is -0.0990. The van der Waals surface area contributed by atoms with Gasteiger partial charge < -0.3 is 11.2 Å². The first-order chi connectivity index (χ1) is 13.5. The highest BCUT2D eigenvalue weighted by molar-refractivity contribution is 7.99. The SMILES string of the molecule is CC(CNC(=O)CSc1nnc(-c2cc(Cl)ccc2Cl)n1N)c1ccccc1. The first-order valence-corrected chi connectivity index (χ1v) is 10.3. The third-order valence-corrected chi connectivity index (χ3v) is 5.65. The molecule has 146 valence electrons. The number of aromatic nitrogens is 3. The molecule has 28 heavy (non-hydrogen) atoms. The lowest BCUT2D eigenvalue weighted by Gasteiger charge is -2.12. The van der Waals surface area contributed by atoms with E-state index in [-0.39, 0.29) is 17.6 Å². The molecule has 1 heterocycles. The van der Waals surface area contributed by atoms with Crippen LogP contribution in [0.1, 0.15) is 18.4 Å². The fourth-order valence-electron chi connectivity index (χ4n) is 2.58. The number of nitrogen functional groups attached to an aromatic ring is 1. The van der Waals surface area contributed by atoms with E-state index in [9.17, 15) is 4.79 Å². The number of nitrogens with one attached hydrogen (secondary N) is 1. The van der Waals surface area contributed by atoms with Crippen molar-refractivity contribution in [3.63, 3.8) is 0 Å². The number of hydrogen-bond donors (Lipinski definition) is 2. The lowest BCUT2D eigenvalue weighted by Crippen LogP contribution is -2.29. The summed E-state index contributed by atoms with van der Waals surface area (Å²) in [6.07, 6.45) is 0. The Hall–Kier alpha value is -2.22. The lowest BCUT2D eigenvalue weighted by atomic mass is 10.0. The quantitative estimate of drug-likeness (QED) is 0.432. The molecule has 3 rings (SSSR count). The predicted octanol–water partition coefficient (Wildman–Crippen LogP) is 3.98. The molecule has 0 saturated carbocycles. The highest BCUT2D eigenvalue weighted by Crippen LogP contribution is 2.30. The zero-order chi connectivity index (χ0) is 20.1. The van der Waals surface area contributed by atoms with Crippen LogP contribution in [0.4, 0.5) is 0 Å². The standard InChI is InChI=1S/C19H19Cl2N5OS/c1-12(13-5-3-2-4-6-13)10-23-17(27)11-28-19-25-24-18(26(19)22)15-9-14(20)7-8-16(15)21/h2-9,12H,10-11,22H2,1H3,(H,23,27). The van der Waals surface area contributed by atoms with E-state index in [1.54, 1.807) is 18.2 Å². The Bertz CT molecular complexity index is 964. The second kappa shape index (κ2) is 9.32. The lowest BCUT2D eigenvalue weighted by molar-refractivity contribution is -0.118. The van der Waals surface area contributed by atoms with E-state index in [2.05, 4.69) is 22.4 Å². The molecule has 1 amide bonds. The van der Waals surface area contributed by atoms with Gasteiger partial charge in [0.25, 0.3) is 0 Å². The number of nitrogens with zero attached hydrogens (tertiary/aromatic N) is 3. The van der Waals surface area contributed by atoms with E-state index in [0.717, 1.165) is 0 Å². The highest BCUT2D eigenvalue weighted by Gasteiger charge is 2.16. The average molecular weight is 436 g/mol. The Morgan fingerprint density at radius 2 is 1.96 bits per heavy atom. The van der Waals surface area contributed by atoms with Gasteiger partial charge in [0.15, 0.2) is 5.82 Å². The smallest absolute Gasteiger partial charge is 0.230 e. The molecular formula is C19H19Cl2N5OS. The van der Waals surface area contributed by atoms with Crippen LogP contribution in [-0.2, 0) is 4.79 Å². The number of benzene rings is 2. The van der Waals surface area contributed by atoms with Crippen LogP contribution < -0.4 is 11.2 Å². The second-order valence-electron chi connectivity index (χ2n) is 6.20. The van der Waals surface area contributed by atoms with Crippen LogP contribution in [0.15, 0.2) is 53.7 Å². The van der Waals surface area contributed by atoms with Crippen molar-refractivity contribution in [1.29, 1.82) is 0 Å². The Morgan fingerprint density at radius 1 is 1.21 bits per heavy atom. The molecular weight excluding hydrogens is 417 g/mol. The summed E-state index contributed by atoms with van der Waals surface area (Å²) in [5, 5.41) is 12.4. The molecule has 0 fully saturated rings. The topological polar surface area (TPSA) is 85.8 Å². The van der Waals surface area contributed by atoms with Gasteiger partial charge >= 0.3 is 0 Å². The van der Waals surface area contributed by atoms with Gasteiger partial charge in [-0.3, -0.25) is 4.79 Å². The van der Waals surface area contributed by atoms with Gasteiger partial charge in [-0.25, -0.2) is 4.68 Å². The van der Waals surface area contributed by atoms with Crippen molar-refractivity contribution < 1.29 is 4.79 Å². The van der Waals surface area contributed by atoms with Crippen LogP contribution >= 0.6 is 35.0 Å². The van der Waals surface area contributed by atoms with Crippen molar-refractivity contribution >= 4 is 40.9 Å². The van der Waals surface area contributed by atoms with Gasteiger partial charge in [-0.2, -0.15) is 0 Å². The van der Waals surface area contributed by atoms with Crippen LogP contribution in [0.25, 0.3) is 11.4 Å². The Balaban J connectivity index is 1.57. The van der Waals surface area contributed by atoms with Crippen molar-refractivity contribution in [2.75, 3.05) is 18.1 Å². The van der Waals surface area contributed by atoms with Gasteiger partial charge in [0.05, 0.1) is 10.8 Å². The van der Waals surface area contributed by atoms with Crippen molar-refractivity contribution in [2.24, 2.45) is 0 Å². The Labute approximate surface area is 177 Å². The minimum absolute atomic E-state index is 0.0990. The molecule has 3 N–H and O–H groups in total. The molecule has 6 nitrogen and oxygen atoms in total. The summed E-state index contributed by atoms with van der Waals surface area (Å²) in [5.41, 5.74) is 1.76. The largest absolute Gasteiger partial charge is 0.355 e. The normalized spacial score (nSPS) is 12.0. The first-order valence-electron chi connectivity index (χ1n) is 8.56. The van der Waals surface area contributed by atoms with Gasteiger partial charge in [0, 0.05) is 17.1 Å². The number of carbonyl (C=O) groups is 1. The molecule has 9 heteroatoms. The summed E-state index contributed by atoms with van der Waals surface area (Å²) in [4.78, 5) is 12.2. The zero-order valence-electron chi connectivity index (χ0n) is 15.1. The second-order valence-corrected chi connectivity index (χ2v) is 7.99. The number of amides is 1. The summed E-state index contributed by atoms with van der Waals surface area (Å²) in [7, 11) is 0. The van der Waals surface area contributed by atoms with Crippen LogP contribution in [0, 0.1) is 0 Å². The number of halogens is 2. The van der Waals surface area contributed by atoms with Gasteiger partial charge in [-0.05, 0) is 29.7 Å². The molecule has 2 aromatic carbocycles. The van der Waals surface area contributed by atoms with Gasteiger partial charge in [-0.15, -0.1) is 10.2 Å². The summed E-state index contributed by atoms with van der Waals surface area (Å²) < 4.78 is 1.31. The van der Waals surface area contributed by atoms with E-state index >= 15 is 0 Å². The minimum Gasteiger partial charge on any atom is -0.355 e. The molecule has 0 radical (unpaired) electrons. The monoisotopic (exact) mass is 435 g/mol. The molecule has 0 bridgehead atoms. The maximum absolute atomic E-state index is 12.2. The zero-order valence-corrected chi connectivity index (χ0v) is 17.4. The number of carbonyl (C=O) groups excluding carboxylic acids is 1. The molecule has 3 aromatic rings. The van der Waals surface area contributed by atoms with E-state index in [4.69, 9.17) is 29.0 Å². The first kappa shape index (κ1) is 20.5. The van der Waals surface area contributed by atoms with Gasteiger partial charge in [-0.1, -0.05) is 72.2 Å². The molecule has 1 aromatic heterocycles. The maximum Gasteiger partial charge on any atom is 0.230 e.